The Morgan fingerprint density at radius 1 is 1.05 bits per heavy atom. The van der Waals surface area contributed by atoms with Crippen LogP contribution in [0, 0.1) is 0 Å². The number of carbonyl (C=O) groups is 1. The molecule has 2 N–H and O–H groups in total. The van der Waals surface area contributed by atoms with Crippen LogP contribution in [0.5, 0.6) is 5.75 Å². The zero-order valence-corrected chi connectivity index (χ0v) is 11.6. The van der Waals surface area contributed by atoms with Crippen LogP contribution in [0.3, 0.4) is 0 Å². The van der Waals surface area contributed by atoms with E-state index in [0.29, 0.717) is 25.1 Å². The van der Waals surface area contributed by atoms with Crippen molar-refractivity contribution in [2.45, 2.75) is 6.42 Å². The van der Waals surface area contributed by atoms with Gasteiger partial charge >= 0.3 is 0 Å². The Labute approximate surface area is 123 Å². The van der Waals surface area contributed by atoms with Crippen molar-refractivity contribution < 1.29 is 9.53 Å². The molecule has 0 aliphatic carbocycles. The average Bonchev–Trinajstić information content (AvgIpc) is 2.82. The Kier molecular flexibility index (Phi) is 3.79. The molecule has 2 aromatic rings. The number of rotatable bonds is 5. The number of nitrogens with zero attached hydrogens (tertiary/aromatic N) is 1. The van der Waals surface area contributed by atoms with Gasteiger partial charge in [0, 0.05) is 18.5 Å². The van der Waals surface area contributed by atoms with E-state index < -0.39 is 0 Å². The number of hydrogen-bond acceptors (Lipinski definition) is 3. The highest BCUT2D eigenvalue weighted by atomic mass is 16.5. The SMILES string of the molecule is NCCOc1ccc2c(c1)C(Cc1ccccc1)=NC2=O. The van der Waals surface area contributed by atoms with E-state index in [0.717, 1.165) is 22.6 Å². The van der Waals surface area contributed by atoms with Gasteiger partial charge in [-0.1, -0.05) is 30.3 Å². The van der Waals surface area contributed by atoms with Gasteiger partial charge in [0.25, 0.3) is 5.91 Å². The van der Waals surface area contributed by atoms with Gasteiger partial charge in [0.15, 0.2) is 0 Å². The number of nitrogens with two attached hydrogens (primary N) is 1. The average molecular weight is 280 g/mol. The summed E-state index contributed by atoms with van der Waals surface area (Å²) in [6, 6.07) is 15.4. The van der Waals surface area contributed by atoms with E-state index >= 15 is 0 Å². The van der Waals surface area contributed by atoms with Gasteiger partial charge in [0.2, 0.25) is 0 Å². The van der Waals surface area contributed by atoms with Crippen molar-refractivity contribution in [1.29, 1.82) is 0 Å². The van der Waals surface area contributed by atoms with Crippen LogP contribution >= 0.6 is 0 Å². The molecule has 0 fully saturated rings. The lowest BCUT2D eigenvalue weighted by Gasteiger charge is -2.08. The lowest BCUT2D eigenvalue weighted by atomic mass is 10.00. The highest BCUT2D eigenvalue weighted by molar-refractivity contribution is 6.22. The highest BCUT2D eigenvalue weighted by Gasteiger charge is 2.23. The van der Waals surface area contributed by atoms with Gasteiger partial charge < -0.3 is 10.5 Å². The third-order valence-corrected chi connectivity index (χ3v) is 3.37. The first kappa shape index (κ1) is 13.5. The number of aliphatic imine (C=N–C) groups is 1. The quantitative estimate of drug-likeness (QED) is 0.913. The number of fused-ring (bicyclic) bond motifs is 1. The molecule has 1 amide bonds. The number of ether oxygens (including phenoxy) is 1. The van der Waals surface area contributed by atoms with Crippen LogP contribution in [0.2, 0.25) is 0 Å². The number of benzene rings is 2. The fourth-order valence-electron chi connectivity index (χ4n) is 2.38. The molecule has 3 rings (SSSR count). The molecular weight excluding hydrogens is 264 g/mol. The van der Waals surface area contributed by atoms with Crippen LogP contribution in [0.4, 0.5) is 0 Å². The molecule has 106 valence electrons. The van der Waals surface area contributed by atoms with Gasteiger partial charge in [-0.2, -0.15) is 0 Å². The summed E-state index contributed by atoms with van der Waals surface area (Å²) in [4.78, 5) is 16.1. The fraction of sp³-hybridized carbons (Fsp3) is 0.176. The summed E-state index contributed by atoms with van der Waals surface area (Å²) >= 11 is 0. The smallest absolute Gasteiger partial charge is 0.277 e. The summed E-state index contributed by atoms with van der Waals surface area (Å²) in [6.45, 7) is 0.916. The Bertz CT molecular complexity index is 693. The van der Waals surface area contributed by atoms with E-state index in [9.17, 15) is 4.79 Å². The third kappa shape index (κ3) is 2.85. The standard InChI is InChI=1S/C17H16N2O2/c18-8-9-21-13-6-7-14-15(11-13)16(19-17(14)20)10-12-4-2-1-3-5-12/h1-7,11H,8-10,18H2. The molecule has 0 aromatic heterocycles. The van der Waals surface area contributed by atoms with Gasteiger partial charge in [-0.3, -0.25) is 4.79 Å². The zero-order valence-electron chi connectivity index (χ0n) is 11.6. The van der Waals surface area contributed by atoms with Crippen LogP contribution in [0.25, 0.3) is 0 Å². The number of amides is 1. The second-order valence-corrected chi connectivity index (χ2v) is 4.87. The lowest BCUT2D eigenvalue weighted by molar-refractivity contribution is 0.101. The van der Waals surface area contributed by atoms with E-state index in [-0.39, 0.29) is 5.91 Å². The minimum absolute atomic E-state index is 0.179. The van der Waals surface area contributed by atoms with Crippen LogP contribution in [-0.2, 0) is 6.42 Å². The molecule has 0 bridgehead atoms. The first-order valence-electron chi connectivity index (χ1n) is 6.91. The van der Waals surface area contributed by atoms with E-state index in [1.54, 1.807) is 12.1 Å². The van der Waals surface area contributed by atoms with E-state index in [1.807, 2.05) is 36.4 Å². The second kappa shape index (κ2) is 5.89. The van der Waals surface area contributed by atoms with Gasteiger partial charge in [0.05, 0.1) is 11.3 Å². The van der Waals surface area contributed by atoms with E-state index in [4.69, 9.17) is 10.5 Å². The normalized spacial score (nSPS) is 13.0. The molecule has 1 aliphatic rings. The van der Waals surface area contributed by atoms with Crippen molar-refractivity contribution in [3.05, 3.63) is 65.2 Å². The lowest BCUT2D eigenvalue weighted by Crippen LogP contribution is -2.11. The molecule has 4 nitrogen and oxygen atoms in total. The molecule has 0 radical (unpaired) electrons. The molecule has 0 saturated heterocycles. The first-order valence-corrected chi connectivity index (χ1v) is 6.91. The van der Waals surface area contributed by atoms with E-state index in [2.05, 4.69) is 4.99 Å². The molecule has 1 heterocycles. The molecule has 0 saturated carbocycles. The van der Waals surface area contributed by atoms with Crippen LogP contribution < -0.4 is 10.5 Å². The monoisotopic (exact) mass is 280 g/mol. The third-order valence-electron chi connectivity index (χ3n) is 3.37. The molecule has 0 spiro atoms. The zero-order chi connectivity index (χ0) is 14.7. The maximum absolute atomic E-state index is 11.9. The van der Waals surface area contributed by atoms with Crippen molar-refractivity contribution in [3.63, 3.8) is 0 Å². The van der Waals surface area contributed by atoms with Crippen LogP contribution in [0.15, 0.2) is 53.5 Å². The minimum Gasteiger partial charge on any atom is -0.492 e. The predicted molar refractivity (Wildman–Crippen MR) is 82.0 cm³/mol. The van der Waals surface area contributed by atoms with Gasteiger partial charge in [0.1, 0.15) is 12.4 Å². The molecule has 0 unspecified atom stereocenters. The van der Waals surface area contributed by atoms with Crippen molar-refractivity contribution in [2.24, 2.45) is 10.7 Å². The summed E-state index contributed by atoms with van der Waals surface area (Å²) in [5, 5.41) is 0. The number of hydrogen-bond donors (Lipinski definition) is 1. The maximum atomic E-state index is 11.9. The Hall–Kier alpha value is -2.46. The van der Waals surface area contributed by atoms with Crippen molar-refractivity contribution in [3.8, 4) is 5.75 Å². The number of carbonyl (C=O) groups excluding carboxylic acids is 1. The summed E-state index contributed by atoms with van der Waals surface area (Å²) in [6.07, 6.45) is 0.639. The Balaban J connectivity index is 1.88. The van der Waals surface area contributed by atoms with Crippen molar-refractivity contribution in [1.82, 2.24) is 0 Å². The minimum atomic E-state index is -0.179. The van der Waals surface area contributed by atoms with Crippen LogP contribution in [-0.4, -0.2) is 24.8 Å². The molecule has 1 aliphatic heterocycles. The second-order valence-electron chi connectivity index (χ2n) is 4.87. The topological polar surface area (TPSA) is 64.7 Å². The van der Waals surface area contributed by atoms with E-state index in [1.165, 1.54) is 0 Å². The summed E-state index contributed by atoms with van der Waals surface area (Å²) in [5.41, 5.74) is 8.86. The van der Waals surface area contributed by atoms with Crippen molar-refractivity contribution in [2.75, 3.05) is 13.2 Å². The summed E-state index contributed by atoms with van der Waals surface area (Å²) < 4.78 is 5.52. The summed E-state index contributed by atoms with van der Waals surface area (Å²) in [7, 11) is 0. The van der Waals surface area contributed by atoms with Crippen LogP contribution in [0.1, 0.15) is 21.5 Å². The predicted octanol–water partition coefficient (Wildman–Crippen LogP) is 2.21. The Morgan fingerprint density at radius 2 is 1.86 bits per heavy atom. The molecular formula is C17H16N2O2. The maximum Gasteiger partial charge on any atom is 0.277 e. The largest absolute Gasteiger partial charge is 0.492 e. The van der Waals surface area contributed by atoms with Crippen molar-refractivity contribution >= 4 is 11.6 Å². The molecule has 4 heteroatoms. The molecule has 2 aromatic carbocycles. The highest BCUT2D eigenvalue weighted by Crippen LogP contribution is 2.25. The van der Waals surface area contributed by atoms with Gasteiger partial charge in [-0.05, 0) is 23.8 Å². The first-order chi connectivity index (χ1) is 10.3. The molecule has 0 atom stereocenters. The molecule has 21 heavy (non-hydrogen) atoms. The Morgan fingerprint density at radius 3 is 2.62 bits per heavy atom. The van der Waals surface area contributed by atoms with Gasteiger partial charge in [-0.15, -0.1) is 0 Å². The fourth-order valence-corrected chi connectivity index (χ4v) is 2.38. The summed E-state index contributed by atoms with van der Waals surface area (Å²) in [5.74, 6) is 0.538. The van der Waals surface area contributed by atoms with Gasteiger partial charge in [-0.25, -0.2) is 4.99 Å².